The first-order chi connectivity index (χ1) is 10.1. The van der Waals surface area contributed by atoms with Gasteiger partial charge in [-0.3, -0.25) is 9.59 Å². The molecular formula is C16H21N3O2. The zero-order chi connectivity index (χ0) is 15.0. The van der Waals surface area contributed by atoms with Gasteiger partial charge in [-0.05, 0) is 31.9 Å². The van der Waals surface area contributed by atoms with Crippen molar-refractivity contribution in [3.8, 4) is 0 Å². The molecule has 2 saturated heterocycles. The maximum Gasteiger partial charge on any atom is 0.239 e. The predicted octanol–water partition coefficient (Wildman–Crippen LogP) is 0.908. The highest BCUT2D eigenvalue weighted by Gasteiger charge is 2.40. The van der Waals surface area contributed by atoms with Crippen molar-refractivity contribution in [3.05, 3.63) is 29.8 Å². The Kier molecular flexibility index (Phi) is 3.68. The molecule has 2 aliphatic heterocycles. The van der Waals surface area contributed by atoms with E-state index >= 15 is 0 Å². The summed E-state index contributed by atoms with van der Waals surface area (Å²) in [4.78, 5) is 28.4. The molecule has 0 spiro atoms. The number of benzene rings is 1. The third-order valence-electron chi connectivity index (χ3n) is 4.39. The number of aryl methyl sites for hydroxylation is 1. The zero-order valence-corrected chi connectivity index (χ0v) is 12.3. The van der Waals surface area contributed by atoms with Crippen LogP contribution < -0.4 is 10.6 Å². The van der Waals surface area contributed by atoms with Gasteiger partial charge in [-0.1, -0.05) is 17.7 Å². The van der Waals surface area contributed by atoms with Crippen LogP contribution in [0.1, 0.15) is 18.4 Å². The summed E-state index contributed by atoms with van der Waals surface area (Å²) in [6.07, 6.45) is 1.42. The van der Waals surface area contributed by atoms with Gasteiger partial charge >= 0.3 is 0 Å². The van der Waals surface area contributed by atoms with E-state index < -0.39 is 5.92 Å². The van der Waals surface area contributed by atoms with Crippen LogP contribution in [-0.4, -0.2) is 42.4 Å². The number of nitrogens with two attached hydrogens (primary N) is 1. The van der Waals surface area contributed by atoms with Gasteiger partial charge in [-0.2, -0.15) is 0 Å². The summed E-state index contributed by atoms with van der Waals surface area (Å²) in [5.41, 5.74) is 7.87. The van der Waals surface area contributed by atoms with Gasteiger partial charge in [0.2, 0.25) is 11.8 Å². The van der Waals surface area contributed by atoms with Crippen LogP contribution in [0.3, 0.4) is 0 Å². The lowest BCUT2D eigenvalue weighted by Gasteiger charge is -2.20. The summed E-state index contributed by atoms with van der Waals surface area (Å²) in [6.45, 7) is 3.87. The largest absolute Gasteiger partial charge is 0.340 e. The number of amides is 2. The molecule has 2 aliphatic rings. The first-order valence-electron chi connectivity index (χ1n) is 7.48. The number of hydrogen-bond donors (Lipinski definition) is 1. The highest BCUT2D eigenvalue weighted by Crippen LogP contribution is 2.27. The molecule has 2 fully saturated rings. The molecule has 0 saturated carbocycles. The van der Waals surface area contributed by atoms with E-state index in [0.717, 1.165) is 17.7 Å². The fourth-order valence-corrected chi connectivity index (χ4v) is 3.10. The molecule has 21 heavy (non-hydrogen) atoms. The minimum Gasteiger partial charge on any atom is -0.340 e. The summed E-state index contributed by atoms with van der Waals surface area (Å²) in [5.74, 6) is -0.663. The number of rotatable bonds is 2. The third-order valence-corrected chi connectivity index (χ3v) is 4.39. The predicted molar refractivity (Wildman–Crippen MR) is 80.8 cm³/mol. The summed E-state index contributed by atoms with van der Waals surface area (Å²) in [6, 6.07) is 7.89. The van der Waals surface area contributed by atoms with E-state index in [1.54, 1.807) is 9.80 Å². The van der Waals surface area contributed by atoms with Crippen molar-refractivity contribution in [1.82, 2.24) is 4.90 Å². The molecular weight excluding hydrogens is 266 g/mol. The molecule has 0 unspecified atom stereocenters. The van der Waals surface area contributed by atoms with Crippen molar-refractivity contribution in [3.63, 3.8) is 0 Å². The van der Waals surface area contributed by atoms with Gasteiger partial charge in [0.15, 0.2) is 0 Å². The Hall–Kier alpha value is -1.88. The van der Waals surface area contributed by atoms with Gasteiger partial charge in [0, 0.05) is 31.4 Å². The summed E-state index contributed by atoms with van der Waals surface area (Å²) in [7, 11) is 0. The number of carbonyl (C=O) groups is 2. The molecule has 112 valence electrons. The molecule has 3 rings (SSSR count). The van der Waals surface area contributed by atoms with Crippen LogP contribution in [0, 0.1) is 12.8 Å². The molecule has 1 aromatic rings. The second kappa shape index (κ2) is 5.48. The number of hydrogen-bond acceptors (Lipinski definition) is 3. The maximum atomic E-state index is 12.5. The molecule has 0 radical (unpaired) electrons. The average Bonchev–Trinajstić information content (AvgIpc) is 3.06. The van der Waals surface area contributed by atoms with Gasteiger partial charge in [0.05, 0.1) is 0 Å². The lowest BCUT2D eigenvalue weighted by molar-refractivity contribution is -0.139. The van der Waals surface area contributed by atoms with Gasteiger partial charge in [-0.25, -0.2) is 0 Å². The molecule has 1 aromatic carbocycles. The first kappa shape index (κ1) is 14.1. The smallest absolute Gasteiger partial charge is 0.239 e. The Labute approximate surface area is 124 Å². The Morgan fingerprint density at radius 1 is 1.19 bits per heavy atom. The highest BCUT2D eigenvalue weighted by atomic mass is 16.2. The van der Waals surface area contributed by atoms with Gasteiger partial charge in [-0.15, -0.1) is 0 Å². The van der Waals surface area contributed by atoms with Crippen molar-refractivity contribution in [2.45, 2.75) is 25.8 Å². The monoisotopic (exact) mass is 287 g/mol. The molecule has 0 bridgehead atoms. The van der Waals surface area contributed by atoms with Crippen molar-refractivity contribution < 1.29 is 9.59 Å². The molecule has 2 N–H and O–H groups in total. The van der Waals surface area contributed by atoms with Gasteiger partial charge < -0.3 is 15.5 Å². The number of nitrogens with zero attached hydrogens (tertiary/aromatic N) is 2. The van der Waals surface area contributed by atoms with Gasteiger partial charge in [0.25, 0.3) is 0 Å². The topological polar surface area (TPSA) is 66.6 Å². The fourth-order valence-electron chi connectivity index (χ4n) is 3.10. The van der Waals surface area contributed by atoms with E-state index in [0.29, 0.717) is 26.1 Å². The van der Waals surface area contributed by atoms with Crippen molar-refractivity contribution in [1.29, 1.82) is 0 Å². The second-order valence-corrected chi connectivity index (χ2v) is 6.00. The molecule has 2 heterocycles. The van der Waals surface area contributed by atoms with Crippen LogP contribution in [0.2, 0.25) is 0 Å². The van der Waals surface area contributed by atoms with Crippen LogP contribution >= 0.6 is 0 Å². The highest BCUT2D eigenvalue weighted by molar-refractivity contribution is 6.09. The number of anilines is 1. The van der Waals surface area contributed by atoms with Crippen LogP contribution in [0.25, 0.3) is 0 Å². The van der Waals surface area contributed by atoms with E-state index in [2.05, 4.69) is 0 Å². The molecule has 2 atom stereocenters. The van der Waals surface area contributed by atoms with E-state index in [-0.39, 0.29) is 17.9 Å². The summed E-state index contributed by atoms with van der Waals surface area (Å²) >= 11 is 0. The number of likely N-dealkylation sites (tertiary alicyclic amines) is 1. The quantitative estimate of drug-likeness (QED) is 0.822. The standard InChI is InChI=1S/C16H21N3O2/c1-11-2-4-13(5-3-11)19-9-7-14(16(19)21)15(20)18-8-6-12(17)10-18/h2-5,12,14H,6-10,17H2,1H3/t12-,14+/m1/s1. The summed E-state index contributed by atoms with van der Waals surface area (Å²) < 4.78 is 0. The van der Waals surface area contributed by atoms with Crippen LogP contribution in [0.5, 0.6) is 0 Å². The molecule has 2 amide bonds. The lowest BCUT2D eigenvalue weighted by Crippen LogP contribution is -2.40. The van der Waals surface area contributed by atoms with Gasteiger partial charge in [0.1, 0.15) is 5.92 Å². The van der Waals surface area contributed by atoms with Crippen molar-refractivity contribution in [2.75, 3.05) is 24.5 Å². The SMILES string of the molecule is Cc1ccc(N2CC[C@@H](C(=O)N3CC[C@@H](N)C3)C2=O)cc1. The minimum atomic E-state index is -0.531. The van der Waals surface area contributed by atoms with E-state index in [1.165, 1.54) is 0 Å². The normalized spacial score (nSPS) is 25.7. The summed E-state index contributed by atoms with van der Waals surface area (Å²) in [5, 5.41) is 0. The minimum absolute atomic E-state index is 0.0532. The molecule has 5 nitrogen and oxygen atoms in total. The van der Waals surface area contributed by atoms with E-state index in [4.69, 9.17) is 5.73 Å². The van der Waals surface area contributed by atoms with Crippen LogP contribution in [-0.2, 0) is 9.59 Å². The fraction of sp³-hybridized carbons (Fsp3) is 0.500. The van der Waals surface area contributed by atoms with Crippen molar-refractivity contribution in [2.24, 2.45) is 11.7 Å². The van der Waals surface area contributed by atoms with E-state index in [9.17, 15) is 9.59 Å². The van der Waals surface area contributed by atoms with Crippen molar-refractivity contribution >= 4 is 17.5 Å². The Balaban J connectivity index is 1.71. The maximum absolute atomic E-state index is 12.5. The Morgan fingerprint density at radius 3 is 2.52 bits per heavy atom. The molecule has 0 aromatic heterocycles. The zero-order valence-electron chi connectivity index (χ0n) is 12.3. The Morgan fingerprint density at radius 2 is 1.90 bits per heavy atom. The lowest BCUT2D eigenvalue weighted by atomic mass is 10.1. The third kappa shape index (κ3) is 2.65. The van der Waals surface area contributed by atoms with Crippen LogP contribution in [0.15, 0.2) is 24.3 Å². The van der Waals surface area contributed by atoms with E-state index in [1.807, 2.05) is 31.2 Å². The Bertz CT molecular complexity index is 555. The number of carbonyl (C=O) groups excluding carboxylic acids is 2. The second-order valence-electron chi connectivity index (χ2n) is 6.00. The molecule has 5 heteroatoms. The van der Waals surface area contributed by atoms with Crippen LogP contribution in [0.4, 0.5) is 5.69 Å². The molecule has 0 aliphatic carbocycles. The first-order valence-corrected chi connectivity index (χ1v) is 7.48. The average molecular weight is 287 g/mol.